The number of carbonyl (C=O) groups is 2. The molecule has 4 rings (SSSR count). The van der Waals surface area contributed by atoms with Crippen LogP contribution >= 0.6 is 22.6 Å². The van der Waals surface area contributed by atoms with Crippen LogP contribution in [0.1, 0.15) is 31.4 Å². The van der Waals surface area contributed by atoms with Gasteiger partial charge in [0.05, 0.1) is 0 Å². The van der Waals surface area contributed by atoms with Crippen molar-refractivity contribution in [2.45, 2.75) is 31.5 Å². The molecule has 1 saturated carbocycles. The lowest BCUT2D eigenvalue weighted by Crippen LogP contribution is -2.34. The molecule has 1 aliphatic heterocycles. The van der Waals surface area contributed by atoms with Crippen LogP contribution in [0, 0.1) is 3.77 Å². The molecule has 7 nitrogen and oxygen atoms in total. The predicted octanol–water partition coefficient (Wildman–Crippen LogP) is 4.12. The van der Waals surface area contributed by atoms with Gasteiger partial charge < -0.3 is 23.9 Å². The first kappa shape index (κ1) is 18.9. The summed E-state index contributed by atoms with van der Waals surface area (Å²) in [5.74, 6) is 0.223. The smallest absolute Gasteiger partial charge is 0.331 e. The summed E-state index contributed by atoms with van der Waals surface area (Å²) in [5.41, 5.74) is 0.555. The van der Waals surface area contributed by atoms with Crippen molar-refractivity contribution in [3.63, 3.8) is 0 Å². The fourth-order valence-electron chi connectivity index (χ4n) is 3.24. The molecule has 1 amide bonds. The van der Waals surface area contributed by atoms with Crippen LogP contribution in [0.5, 0.6) is 11.5 Å². The lowest BCUT2D eigenvalue weighted by Gasteiger charge is -2.21. The van der Waals surface area contributed by atoms with Gasteiger partial charge in [0.15, 0.2) is 21.9 Å². The lowest BCUT2D eigenvalue weighted by molar-refractivity contribution is -0.142. The first-order chi connectivity index (χ1) is 13.5. The van der Waals surface area contributed by atoms with Gasteiger partial charge in [-0.05, 0) is 65.8 Å². The Labute approximate surface area is 175 Å². The maximum absolute atomic E-state index is 12.0. The Bertz CT molecular complexity index is 929. The van der Waals surface area contributed by atoms with Crippen molar-refractivity contribution in [2.24, 2.45) is 0 Å². The van der Waals surface area contributed by atoms with Crippen LogP contribution < -0.4 is 14.8 Å². The van der Waals surface area contributed by atoms with Gasteiger partial charge in [-0.2, -0.15) is 0 Å². The number of nitrogens with one attached hydrogen (secondary N) is 1. The van der Waals surface area contributed by atoms with Crippen molar-refractivity contribution in [1.82, 2.24) is 0 Å². The zero-order valence-corrected chi connectivity index (χ0v) is 17.1. The molecule has 1 spiro atoms. The molecule has 28 heavy (non-hydrogen) atoms. The van der Waals surface area contributed by atoms with Crippen LogP contribution in [0.4, 0.5) is 5.69 Å². The molecule has 0 unspecified atom stereocenters. The van der Waals surface area contributed by atoms with E-state index in [2.05, 4.69) is 5.32 Å². The number of hydrogen-bond donors (Lipinski definition) is 1. The molecule has 2 aromatic rings. The van der Waals surface area contributed by atoms with E-state index in [0.29, 0.717) is 26.7 Å². The number of hydrogen-bond acceptors (Lipinski definition) is 6. The Kier molecular flexibility index (Phi) is 5.29. The van der Waals surface area contributed by atoms with E-state index in [-0.39, 0.29) is 0 Å². The van der Waals surface area contributed by atoms with E-state index in [9.17, 15) is 9.59 Å². The zero-order valence-electron chi connectivity index (χ0n) is 14.9. The molecule has 1 fully saturated rings. The van der Waals surface area contributed by atoms with Gasteiger partial charge in [-0.1, -0.05) is 0 Å². The largest absolute Gasteiger partial charge is 0.452 e. The Hall–Kier alpha value is -2.49. The number of furan rings is 1. The number of benzene rings is 1. The average molecular weight is 495 g/mol. The van der Waals surface area contributed by atoms with E-state index >= 15 is 0 Å². The van der Waals surface area contributed by atoms with Gasteiger partial charge in [0.1, 0.15) is 5.76 Å². The summed E-state index contributed by atoms with van der Waals surface area (Å²) in [6.07, 6.45) is 6.59. The van der Waals surface area contributed by atoms with Crippen molar-refractivity contribution >= 4 is 46.2 Å². The first-order valence-corrected chi connectivity index (χ1v) is 10.0. The first-order valence-electron chi connectivity index (χ1n) is 8.93. The number of ether oxygens (including phenoxy) is 3. The summed E-state index contributed by atoms with van der Waals surface area (Å²) in [7, 11) is 0. The third kappa shape index (κ3) is 4.32. The van der Waals surface area contributed by atoms with Crippen molar-refractivity contribution in [1.29, 1.82) is 0 Å². The summed E-state index contributed by atoms with van der Waals surface area (Å²) < 4.78 is 22.9. The summed E-state index contributed by atoms with van der Waals surface area (Å²) in [6.45, 7) is -0.392. The lowest BCUT2D eigenvalue weighted by atomic mass is 10.2. The standard InChI is InChI=1S/C20H18INO6/c21-17-7-4-14(26-17)5-8-19(24)25-12-18(23)22-13-3-6-15-16(11-13)28-20(27-15)9-1-2-10-20/h3-8,11H,1-2,9-10,12H2,(H,22,23)/b8-5+. The van der Waals surface area contributed by atoms with E-state index < -0.39 is 24.3 Å². The third-order valence-corrected chi connectivity index (χ3v) is 5.09. The molecule has 2 heterocycles. The van der Waals surface area contributed by atoms with E-state index in [1.807, 2.05) is 22.6 Å². The van der Waals surface area contributed by atoms with Crippen LogP contribution in [0.25, 0.3) is 6.08 Å². The minimum Gasteiger partial charge on any atom is -0.452 e. The number of carbonyl (C=O) groups excluding carboxylic acids is 2. The van der Waals surface area contributed by atoms with Crippen LogP contribution in [0.15, 0.2) is 40.8 Å². The molecule has 146 valence electrons. The molecule has 1 N–H and O–H groups in total. The number of anilines is 1. The highest BCUT2D eigenvalue weighted by atomic mass is 127. The highest BCUT2D eigenvalue weighted by Crippen LogP contribution is 2.47. The minimum atomic E-state index is -0.629. The topological polar surface area (TPSA) is 87.0 Å². The normalized spacial score (nSPS) is 16.6. The van der Waals surface area contributed by atoms with E-state index in [4.69, 9.17) is 18.6 Å². The second kappa shape index (κ2) is 7.86. The molecule has 1 aromatic heterocycles. The fraction of sp³-hybridized carbons (Fsp3) is 0.300. The zero-order chi connectivity index (χ0) is 19.6. The van der Waals surface area contributed by atoms with Crippen LogP contribution in [0.2, 0.25) is 0 Å². The quantitative estimate of drug-likeness (QED) is 0.382. The molecule has 1 aromatic carbocycles. The van der Waals surface area contributed by atoms with E-state index in [1.165, 1.54) is 12.2 Å². The van der Waals surface area contributed by atoms with Gasteiger partial charge in [0.2, 0.25) is 0 Å². The number of amides is 1. The van der Waals surface area contributed by atoms with Crippen LogP contribution in [-0.2, 0) is 14.3 Å². The molecule has 1 aliphatic carbocycles. The monoisotopic (exact) mass is 495 g/mol. The Morgan fingerprint density at radius 1 is 1.14 bits per heavy atom. The predicted molar refractivity (Wildman–Crippen MR) is 109 cm³/mol. The van der Waals surface area contributed by atoms with Gasteiger partial charge in [-0.15, -0.1) is 0 Å². The SMILES string of the molecule is O=C(COC(=O)/C=C/c1ccc(I)o1)Nc1ccc2c(c1)OC1(CCCC1)O2. The van der Waals surface area contributed by atoms with Crippen molar-refractivity contribution in [2.75, 3.05) is 11.9 Å². The maximum atomic E-state index is 12.0. The Morgan fingerprint density at radius 2 is 1.93 bits per heavy atom. The van der Waals surface area contributed by atoms with Crippen LogP contribution in [0.3, 0.4) is 0 Å². The molecule has 0 radical (unpaired) electrons. The fourth-order valence-corrected chi connectivity index (χ4v) is 3.67. The summed E-state index contributed by atoms with van der Waals surface area (Å²) in [5, 5.41) is 2.69. The molecule has 8 heteroatoms. The van der Waals surface area contributed by atoms with Crippen molar-refractivity contribution in [3.05, 3.63) is 45.9 Å². The summed E-state index contributed by atoms with van der Waals surface area (Å²) in [6, 6.07) is 8.74. The van der Waals surface area contributed by atoms with Gasteiger partial charge >= 0.3 is 5.97 Å². The number of fused-ring (bicyclic) bond motifs is 1. The van der Waals surface area contributed by atoms with E-state index in [0.717, 1.165) is 25.7 Å². The van der Waals surface area contributed by atoms with Crippen molar-refractivity contribution < 1.29 is 28.2 Å². The molecule has 2 aliphatic rings. The third-order valence-electron chi connectivity index (χ3n) is 4.51. The number of esters is 1. The molecule has 0 bridgehead atoms. The van der Waals surface area contributed by atoms with E-state index in [1.54, 1.807) is 30.3 Å². The molecular formula is C20H18INO6. The highest BCUT2D eigenvalue weighted by molar-refractivity contribution is 14.1. The highest BCUT2D eigenvalue weighted by Gasteiger charge is 2.44. The Balaban J connectivity index is 1.28. The molecule has 0 atom stereocenters. The Morgan fingerprint density at radius 3 is 2.68 bits per heavy atom. The van der Waals surface area contributed by atoms with Gasteiger partial charge in [0, 0.05) is 30.7 Å². The summed E-state index contributed by atoms with van der Waals surface area (Å²) in [4.78, 5) is 23.7. The second-order valence-corrected chi connectivity index (χ2v) is 7.68. The minimum absolute atomic E-state index is 0.392. The molecular weight excluding hydrogens is 477 g/mol. The average Bonchev–Trinajstić information content (AvgIpc) is 3.38. The number of halogens is 1. The number of rotatable bonds is 5. The van der Waals surface area contributed by atoms with Gasteiger partial charge in [-0.3, -0.25) is 4.79 Å². The molecule has 0 saturated heterocycles. The second-order valence-electron chi connectivity index (χ2n) is 6.61. The maximum Gasteiger partial charge on any atom is 0.331 e. The summed E-state index contributed by atoms with van der Waals surface area (Å²) >= 11 is 2.03. The van der Waals surface area contributed by atoms with Gasteiger partial charge in [0.25, 0.3) is 11.7 Å². The van der Waals surface area contributed by atoms with Gasteiger partial charge in [-0.25, -0.2) is 4.79 Å². The van der Waals surface area contributed by atoms with Crippen molar-refractivity contribution in [3.8, 4) is 11.5 Å². The van der Waals surface area contributed by atoms with Crippen LogP contribution in [-0.4, -0.2) is 24.3 Å².